The van der Waals surface area contributed by atoms with Crippen LogP contribution in [0.15, 0.2) is 21.9 Å². The molecule has 0 unspecified atom stereocenters. The van der Waals surface area contributed by atoms with Gasteiger partial charge in [-0.25, -0.2) is 0 Å². The fourth-order valence-electron chi connectivity index (χ4n) is 0.571. The molecule has 1 aromatic carbocycles. The van der Waals surface area contributed by atoms with Crippen molar-refractivity contribution in [2.75, 3.05) is 0 Å². The second-order valence-corrected chi connectivity index (χ2v) is 3.19. The third-order valence-corrected chi connectivity index (χ3v) is 1.93. The largest absolute Gasteiger partial charge is 0.506 e. The summed E-state index contributed by atoms with van der Waals surface area (Å²) in [5, 5.41) is 9.64. The third kappa shape index (κ3) is 1.54. The average molecular weight is 193 g/mol. The van der Waals surface area contributed by atoms with Crippen LogP contribution in [0.4, 0.5) is 0 Å². The SMILES string of the molecule is Oc1c(S)cc(Cl)cc1S. The Morgan fingerprint density at radius 3 is 2.00 bits per heavy atom. The van der Waals surface area contributed by atoms with Crippen LogP contribution < -0.4 is 0 Å². The molecule has 0 aliphatic heterocycles. The molecule has 0 bridgehead atoms. The first-order valence-electron chi connectivity index (χ1n) is 2.51. The molecule has 1 aromatic rings. The smallest absolute Gasteiger partial charge is 0.142 e. The lowest BCUT2D eigenvalue weighted by Gasteiger charge is -2.00. The molecule has 54 valence electrons. The highest BCUT2D eigenvalue weighted by Gasteiger charge is 2.01. The van der Waals surface area contributed by atoms with E-state index in [9.17, 15) is 0 Å². The fraction of sp³-hybridized carbons (Fsp3) is 0. The number of phenols is 1. The molecule has 0 amide bonds. The van der Waals surface area contributed by atoms with E-state index >= 15 is 0 Å². The normalized spacial score (nSPS) is 9.90. The van der Waals surface area contributed by atoms with Gasteiger partial charge in [0.15, 0.2) is 0 Å². The predicted octanol–water partition coefficient (Wildman–Crippen LogP) is 2.62. The first-order valence-corrected chi connectivity index (χ1v) is 3.79. The number of halogens is 1. The van der Waals surface area contributed by atoms with Crippen molar-refractivity contribution < 1.29 is 5.11 Å². The number of aromatic hydroxyl groups is 1. The Hall–Kier alpha value is 0.01000. The van der Waals surface area contributed by atoms with Crippen LogP contribution in [0.25, 0.3) is 0 Å². The van der Waals surface area contributed by atoms with E-state index in [1.807, 2.05) is 0 Å². The molecule has 0 aromatic heterocycles. The van der Waals surface area contributed by atoms with E-state index in [0.717, 1.165) is 0 Å². The monoisotopic (exact) mass is 192 g/mol. The van der Waals surface area contributed by atoms with Crippen LogP contribution in [0.3, 0.4) is 0 Å². The Labute approximate surface area is 74.8 Å². The summed E-state index contributed by atoms with van der Waals surface area (Å²) in [5.41, 5.74) is 0. The Balaban J connectivity index is 3.31. The molecule has 1 rings (SSSR count). The van der Waals surface area contributed by atoms with Gasteiger partial charge >= 0.3 is 0 Å². The maximum Gasteiger partial charge on any atom is 0.142 e. The first kappa shape index (κ1) is 8.11. The van der Waals surface area contributed by atoms with E-state index in [4.69, 9.17) is 16.7 Å². The minimum Gasteiger partial charge on any atom is -0.506 e. The summed E-state index contributed by atoms with van der Waals surface area (Å²) in [7, 11) is 0. The Kier molecular flexibility index (Phi) is 2.39. The van der Waals surface area contributed by atoms with Gasteiger partial charge in [-0.1, -0.05) is 11.6 Å². The lowest BCUT2D eigenvalue weighted by molar-refractivity contribution is 0.449. The maximum atomic E-state index is 9.12. The van der Waals surface area contributed by atoms with Crippen LogP contribution in [0.1, 0.15) is 0 Å². The Morgan fingerprint density at radius 2 is 1.60 bits per heavy atom. The van der Waals surface area contributed by atoms with Crippen molar-refractivity contribution in [1.82, 2.24) is 0 Å². The summed E-state index contributed by atoms with van der Waals surface area (Å²) >= 11 is 13.5. The van der Waals surface area contributed by atoms with Crippen molar-refractivity contribution >= 4 is 36.9 Å². The summed E-state index contributed by atoms with van der Waals surface area (Å²) in [4.78, 5) is 0.884. The van der Waals surface area contributed by atoms with Gasteiger partial charge in [0.25, 0.3) is 0 Å². The molecule has 0 saturated carbocycles. The van der Waals surface area contributed by atoms with E-state index in [1.165, 1.54) is 0 Å². The van der Waals surface area contributed by atoms with Gasteiger partial charge in [0.05, 0.1) is 0 Å². The zero-order chi connectivity index (χ0) is 7.72. The topological polar surface area (TPSA) is 20.2 Å². The van der Waals surface area contributed by atoms with Gasteiger partial charge in [0, 0.05) is 14.8 Å². The number of thiol groups is 2. The molecule has 1 nitrogen and oxygen atoms in total. The van der Waals surface area contributed by atoms with Gasteiger partial charge < -0.3 is 5.11 Å². The first-order chi connectivity index (χ1) is 4.61. The lowest BCUT2D eigenvalue weighted by atomic mass is 10.3. The lowest BCUT2D eigenvalue weighted by Crippen LogP contribution is -1.73. The van der Waals surface area contributed by atoms with Gasteiger partial charge in [0.2, 0.25) is 0 Å². The molecule has 0 aliphatic rings. The van der Waals surface area contributed by atoms with Crippen LogP contribution in [0, 0.1) is 0 Å². The van der Waals surface area contributed by atoms with E-state index in [2.05, 4.69) is 25.3 Å². The summed E-state index contributed by atoms with van der Waals surface area (Å²) in [6, 6.07) is 3.11. The highest BCUT2D eigenvalue weighted by Crippen LogP contribution is 2.31. The molecule has 0 heterocycles. The zero-order valence-electron chi connectivity index (χ0n) is 4.87. The maximum absolute atomic E-state index is 9.12. The van der Waals surface area contributed by atoms with Crippen molar-refractivity contribution in [3.8, 4) is 5.75 Å². The van der Waals surface area contributed by atoms with Gasteiger partial charge in [-0.2, -0.15) is 0 Å². The highest BCUT2D eigenvalue weighted by atomic mass is 35.5. The second kappa shape index (κ2) is 2.95. The highest BCUT2D eigenvalue weighted by molar-refractivity contribution is 7.81. The average Bonchev–Trinajstić information content (AvgIpc) is 1.82. The van der Waals surface area contributed by atoms with Gasteiger partial charge in [0.1, 0.15) is 5.75 Å². The molecule has 10 heavy (non-hydrogen) atoms. The predicted molar refractivity (Wildman–Crippen MR) is 47.6 cm³/mol. The molecule has 0 spiro atoms. The quantitative estimate of drug-likeness (QED) is 0.540. The summed E-state index contributed by atoms with van der Waals surface area (Å²) in [5.74, 6) is 0.0658. The summed E-state index contributed by atoms with van der Waals surface area (Å²) < 4.78 is 0. The number of phenolic OH excluding ortho intramolecular Hbond substituents is 1. The Bertz CT molecular complexity index is 239. The van der Waals surface area contributed by atoms with Gasteiger partial charge in [-0.05, 0) is 12.1 Å². The van der Waals surface area contributed by atoms with Crippen LogP contribution >= 0.6 is 36.9 Å². The van der Waals surface area contributed by atoms with Crippen LogP contribution in [-0.4, -0.2) is 5.11 Å². The van der Waals surface area contributed by atoms with Crippen molar-refractivity contribution in [2.24, 2.45) is 0 Å². The van der Waals surface area contributed by atoms with Crippen LogP contribution in [0.5, 0.6) is 5.75 Å². The standard InChI is InChI=1S/C6H5ClOS2/c7-3-1-4(9)6(8)5(10)2-3/h1-2,8-10H. The third-order valence-electron chi connectivity index (χ3n) is 1.03. The second-order valence-electron chi connectivity index (χ2n) is 1.79. The molecule has 4 heteroatoms. The van der Waals surface area contributed by atoms with Crippen molar-refractivity contribution in [3.63, 3.8) is 0 Å². The van der Waals surface area contributed by atoms with Gasteiger partial charge in [-0.3, -0.25) is 0 Å². The molecule has 0 fully saturated rings. The van der Waals surface area contributed by atoms with Crippen LogP contribution in [-0.2, 0) is 0 Å². The van der Waals surface area contributed by atoms with Crippen LogP contribution in [0.2, 0.25) is 5.02 Å². The summed E-state index contributed by atoms with van der Waals surface area (Å²) in [6.07, 6.45) is 0. The fourth-order valence-corrected chi connectivity index (χ4v) is 1.55. The zero-order valence-corrected chi connectivity index (χ0v) is 7.42. The van der Waals surface area contributed by atoms with Crippen molar-refractivity contribution in [1.29, 1.82) is 0 Å². The van der Waals surface area contributed by atoms with Crippen molar-refractivity contribution in [2.45, 2.75) is 9.79 Å². The summed E-state index contributed by atoms with van der Waals surface area (Å²) in [6.45, 7) is 0. The number of hydrogen-bond donors (Lipinski definition) is 3. The minimum atomic E-state index is 0.0658. The molecule has 0 aliphatic carbocycles. The van der Waals surface area contributed by atoms with E-state index in [0.29, 0.717) is 14.8 Å². The number of hydrogen-bond acceptors (Lipinski definition) is 3. The molecular weight excluding hydrogens is 188 g/mol. The molecule has 0 saturated heterocycles. The van der Waals surface area contributed by atoms with E-state index in [1.54, 1.807) is 12.1 Å². The minimum absolute atomic E-state index is 0.0658. The molecular formula is C6H5ClOS2. The van der Waals surface area contributed by atoms with E-state index < -0.39 is 0 Å². The number of rotatable bonds is 0. The van der Waals surface area contributed by atoms with Crippen molar-refractivity contribution in [3.05, 3.63) is 17.2 Å². The Morgan fingerprint density at radius 1 is 1.20 bits per heavy atom. The molecule has 0 atom stereocenters. The van der Waals surface area contributed by atoms with Gasteiger partial charge in [-0.15, -0.1) is 25.3 Å². The molecule has 0 radical (unpaired) electrons. The number of benzene rings is 1. The molecule has 1 N–H and O–H groups in total. The van der Waals surface area contributed by atoms with E-state index in [-0.39, 0.29) is 5.75 Å².